The van der Waals surface area contributed by atoms with E-state index >= 15 is 0 Å². The Hall–Kier alpha value is -0.570. The van der Waals surface area contributed by atoms with Crippen LogP contribution >= 0.6 is 0 Å². The maximum Gasteiger partial charge on any atom is 0.228 e. The molecule has 3 heteroatoms. The molecule has 0 aromatic rings. The van der Waals surface area contributed by atoms with Crippen LogP contribution in [0.25, 0.3) is 0 Å². The molecule has 0 bridgehead atoms. The van der Waals surface area contributed by atoms with Crippen molar-refractivity contribution >= 4 is 5.91 Å². The van der Waals surface area contributed by atoms with Crippen LogP contribution in [0.4, 0.5) is 0 Å². The lowest BCUT2D eigenvalue weighted by atomic mass is 9.79. The van der Waals surface area contributed by atoms with Crippen LogP contribution in [0.3, 0.4) is 0 Å². The van der Waals surface area contributed by atoms with Crippen LogP contribution in [0.1, 0.15) is 46.0 Å². The lowest BCUT2D eigenvalue weighted by Crippen LogP contribution is -2.48. The van der Waals surface area contributed by atoms with Gasteiger partial charge in [-0.05, 0) is 51.1 Å². The topological polar surface area (TPSA) is 32.3 Å². The second kappa shape index (κ2) is 5.38. The Kier molecular flexibility index (Phi) is 4.08. The molecule has 0 unspecified atom stereocenters. The van der Waals surface area contributed by atoms with Gasteiger partial charge in [-0.25, -0.2) is 0 Å². The van der Waals surface area contributed by atoms with E-state index in [4.69, 9.17) is 0 Å². The van der Waals surface area contributed by atoms with Crippen LogP contribution in [0.15, 0.2) is 0 Å². The third-order valence-corrected chi connectivity index (χ3v) is 4.18. The zero-order valence-electron chi connectivity index (χ0n) is 11.3. The molecule has 0 aromatic carbocycles. The van der Waals surface area contributed by atoms with Gasteiger partial charge >= 0.3 is 0 Å². The van der Waals surface area contributed by atoms with Crippen LogP contribution < -0.4 is 5.32 Å². The van der Waals surface area contributed by atoms with Gasteiger partial charge in [-0.2, -0.15) is 0 Å². The lowest BCUT2D eigenvalue weighted by molar-refractivity contribution is -0.143. The van der Waals surface area contributed by atoms with E-state index in [1.807, 2.05) is 0 Å². The van der Waals surface area contributed by atoms with Crippen molar-refractivity contribution in [3.63, 3.8) is 0 Å². The highest BCUT2D eigenvalue weighted by molar-refractivity contribution is 5.82. The first kappa shape index (κ1) is 12.9. The summed E-state index contributed by atoms with van der Waals surface area (Å²) in [4.78, 5) is 14.8. The van der Waals surface area contributed by atoms with Crippen molar-refractivity contribution in [1.29, 1.82) is 0 Å². The van der Waals surface area contributed by atoms with Crippen molar-refractivity contribution in [3.8, 4) is 0 Å². The van der Waals surface area contributed by atoms with E-state index in [9.17, 15) is 4.79 Å². The molecule has 1 saturated heterocycles. The number of hydrogen-bond acceptors (Lipinski definition) is 2. The first-order valence-corrected chi connectivity index (χ1v) is 7.16. The smallest absolute Gasteiger partial charge is 0.228 e. The van der Waals surface area contributed by atoms with E-state index in [1.54, 1.807) is 0 Å². The van der Waals surface area contributed by atoms with Gasteiger partial charge in [0.15, 0.2) is 0 Å². The summed E-state index contributed by atoms with van der Waals surface area (Å²) in [7, 11) is 0. The fourth-order valence-electron chi connectivity index (χ4n) is 2.73. The predicted molar refractivity (Wildman–Crippen MR) is 69.8 cm³/mol. The summed E-state index contributed by atoms with van der Waals surface area (Å²) in [5.74, 6) is 1.21. The minimum Gasteiger partial charge on any atom is -0.342 e. The number of carbonyl (C=O) groups excluding carboxylic acids is 1. The number of rotatable bonds is 5. The monoisotopic (exact) mass is 238 g/mol. The first-order valence-electron chi connectivity index (χ1n) is 7.16. The van der Waals surface area contributed by atoms with Gasteiger partial charge in [0.2, 0.25) is 5.91 Å². The summed E-state index contributed by atoms with van der Waals surface area (Å²) >= 11 is 0. The molecule has 17 heavy (non-hydrogen) atoms. The van der Waals surface area contributed by atoms with E-state index in [1.165, 1.54) is 12.8 Å². The quantitative estimate of drug-likeness (QED) is 0.795. The number of amides is 1. The van der Waals surface area contributed by atoms with E-state index in [2.05, 4.69) is 24.1 Å². The molecule has 98 valence electrons. The molecular weight excluding hydrogens is 212 g/mol. The SMILES string of the molecule is CCCN(CC1CC1)C(=O)C1(C)CCNCC1. The van der Waals surface area contributed by atoms with Crippen LogP contribution in [0.2, 0.25) is 0 Å². The Balaban J connectivity index is 1.97. The van der Waals surface area contributed by atoms with Gasteiger partial charge in [0, 0.05) is 18.5 Å². The second-order valence-corrected chi connectivity index (χ2v) is 6.01. The molecule has 0 radical (unpaired) electrons. The number of nitrogens with zero attached hydrogens (tertiary/aromatic N) is 1. The molecule has 1 aliphatic carbocycles. The van der Waals surface area contributed by atoms with Crippen molar-refractivity contribution in [3.05, 3.63) is 0 Å². The Bertz CT molecular complexity index is 267. The Morgan fingerprint density at radius 1 is 1.35 bits per heavy atom. The van der Waals surface area contributed by atoms with Crippen LogP contribution in [0, 0.1) is 11.3 Å². The van der Waals surface area contributed by atoms with Gasteiger partial charge in [0.1, 0.15) is 0 Å². The molecule has 2 rings (SSSR count). The number of nitrogens with one attached hydrogen (secondary N) is 1. The van der Waals surface area contributed by atoms with Gasteiger partial charge in [0.05, 0.1) is 0 Å². The summed E-state index contributed by atoms with van der Waals surface area (Å²) in [6, 6.07) is 0. The van der Waals surface area contributed by atoms with Crippen molar-refractivity contribution in [2.24, 2.45) is 11.3 Å². The van der Waals surface area contributed by atoms with Gasteiger partial charge in [0.25, 0.3) is 0 Å². The van der Waals surface area contributed by atoms with E-state index in [-0.39, 0.29) is 5.41 Å². The number of hydrogen-bond donors (Lipinski definition) is 1. The van der Waals surface area contributed by atoms with Crippen LogP contribution in [0.5, 0.6) is 0 Å². The summed E-state index contributed by atoms with van der Waals surface area (Å²) < 4.78 is 0. The molecule has 1 N–H and O–H groups in total. The molecule has 0 aromatic heterocycles. The van der Waals surface area contributed by atoms with E-state index in [0.29, 0.717) is 5.91 Å². The Morgan fingerprint density at radius 3 is 2.53 bits per heavy atom. The molecule has 2 fully saturated rings. The van der Waals surface area contributed by atoms with Gasteiger partial charge < -0.3 is 10.2 Å². The van der Waals surface area contributed by atoms with Crippen molar-refractivity contribution in [2.45, 2.75) is 46.0 Å². The van der Waals surface area contributed by atoms with Crippen LogP contribution in [-0.2, 0) is 4.79 Å². The van der Waals surface area contributed by atoms with Crippen molar-refractivity contribution in [1.82, 2.24) is 10.2 Å². The van der Waals surface area contributed by atoms with Gasteiger partial charge in [-0.15, -0.1) is 0 Å². The fourth-order valence-corrected chi connectivity index (χ4v) is 2.73. The third-order valence-electron chi connectivity index (χ3n) is 4.18. The highest BCUT2D eigenvalue weighted by atomic mass is 16.2. The minimum atomic E-state index is -0.102. The summed E-state index contributed by atoms with van der Waals surface area (Å²) in [5, 5.41) is 3.35. The predicted octanol–water partition coefficient (Wildman–Crippen LogP) is 2.02. The molecule has 2 aliphatic rings. The van der Waals surface area contributed by atoms with E-state index < -0.39 is 0 Å². The molecule has 1 saturated carbocycles. The zero-order chi connectivity index (χ0) is 12.3. The van der Waals surface area contributed by atoms with Crippen LogP contribution in [-0.4, -0.2) is 37.0 Å². The average Bonchev–Trinajstić information content (AvgIpc) is 3.12. The summed E-state index contributed by atoms with van der Waals surface area (Å²) in [6.45, 7) is 8.26. The summed E-state index contributed by atoms with van der Waals surface area (Å²) in [6.07, 6.45) is 5.72. The van der Waals surface area contributed by atoms with E-state index in [0.717, 1.165) is 51.4 Å². The lowest BCUT2D eigenvalue weighted by Gasteiger charge is -2.37. The third kappa shape index (κ3) is 3.21. The Morgan fingerprint density at radius 2 is 2.00 bits per heavy atom. The highest BCUT2D eigenvalue weighted by Crippen LogP contribution is 2.34. The molecular formula is C14H26N2O. The van der Waals surface area contributed by atoms with Crippen molar-refractivity contribution < 1.29 is 4.79 Å². The molecule has 3 nitrogen and oxygen atoms in total. The molecule has 0 atom stereocenters. The normalized spacial score (nSPS) is 23.4. The number of carbonyl (C=O) groups is 1. The largest absolute Gasteiger partial charge is 0.342 e. The molecule has 1 aliphatic heterocycles. The maximum atomic E-state index is 12.7. The molecule has 1 heterocycles. The van der Waals surface area contributed by atoms with Gasteiger partial charge in [-0.1, -0.05) is 13.8 Å². The zero-order valence-corrected chi connectivity index (χ0v) is 11.3. The summed E-state index contributed by atoms with van der Waals surface area (Å²) in [5.41, 5.74) is -0.102. The molecule has 1 amide bonds. The van der Waals surface area contributed by atoms with Crippen molar-refractivity contribution in [2.75, 3.05) is 26.2 Å². The standard InChI is InChI=1S/C14H26N2O/c1-3-10-16(11-12-4-5-12)13(17)14(2)6-8-15-9-7-14/h12,15H,3-11H2,1-2H3. The molecule has 0 spiro atoms. The minimum absolute atomic E-state index is 0.102. The fraction of sp³-hybridized carbons (Fsp3) is 0.929. The highest BCUT2D eigenvalue weighted by Gasteiger charge is 2.38. The first-order chi connectivity index (χ1) is 8.15. The van der Waals surface area contributed by atoms with Gasteiger partial charge in [-0.3, -0.25) is 4.79 Å². The second-order valence-electron chi connectivity index (χ2n) is 6.01. The maximum absolute atomic E-state index is 12.7. The average molecular weight is 238 g/mol. The number of piperidine rings is 1. The Labute approximate surface area is 105 Å².